The molecular formula is C16H18N2O2. The SMILES string of the molecule is C=CCn1nc(-c2cc(C)ccc2OCC)cc1C=O. The third-order valence-corrected chi connectivity index (χ3v) is 2.94. The Morgan fingerprint density at radius 2 is 2.20 bits per heavy atom. The van der Waals surface area contributed by atoms with Crippen molar-refractivity contribution in [2.45, 2.75) is 20.4 Å². The molecule has 2 rings (SSSR count). The van der Waals surface area contributed by atoms with E-state index in [4.69, 9.17) is 4.74 Å². The average Bonchev–Trinajstić information content (AvgIpc) is 2.84. The number of nitrogens with zero attached hydrogens (tertiary/aromatic N) is 2. The lowest BCUT2D eigenvalue weighted by molar-refractivity contribution is 0.111. The van der Waals surface area contributed by atoms with Crippen molar-refractivity contribution in [1.82, 2.24) is 9.78 Å². The largest absolute Gasteiger partial charge is 0.493 e. The van der Waals surface area contributed by atoms with Gasteiger partial charge in [-0.15, -0.1) is 6.58 Å². The van der Waals surface area contributed by atoms with Crippen molar-refractivity contribution in [2.75, 3.05) is 6.61 Å². The molecule has 0 aliphatic heterocycles. The fraction of sp³-hybridized carbons (Fsp3) is 0.250. The fourth-order valence-corrected chi connectivity index (χ4v) is 2.05. The minimum Gasteiger partial charge on any atom is -0.493 e. The van der Waals surface area contributed by atoms with Crippen molar-refractivity contribution in [3.05, 3.63) is 48.2 Å². The van der Waals surface area contributed by atoms with Crippen LogP contribution in [-0.4, -0.2) is 22.7 Å². The van der Waals surface area contributed by atoms with E-state index in [2.05, 4.69) is 11.7 Å². The normalized spacial score (nSPS) is 10.3. The molecule has 0 spiro atoms. The van der Waals surface area contributed by atoms with Crippen molar-refractivity contribution in [1.29, 1.82) is 0 Å². The molecule has 2 aromatic rings. The third-order valence-electron chi connectivity index (χ3n) is 2.94. The number of aryl methyl sites for hydroxylation is 1. The Balaban J connectivity index is 2.52. The van der Waals surface area contributed by atoms with Crippen LogP contribution in [0.25, 0.3) is 11.3 Å². The standard InChI is InChI=1S/C16H18N2O2/c1-4-8-18-13(11-19)10-15(17-18)14-9-12(3)6-7-16(14)20-5-2/h4,6-7,9-11H,1,5,8H2,2-3H3. The van der Waals surface area contributed by atoms with Gasteiger partial charge in [-0.1, -0.05) is 17.7 Å². The van der Waals surface area contributed by atoms with Crippen molar-refractivity contribution in [3.8, 4) is 17.0 Å². The zero-order valence-electron chi connectivity index (χ0n) is 11.8. The van der Waals surface area contributed by atoms with Crippen LogP contribution in [0.2, 0.25) is 0 Å². The van der Waals surface area contributed by atoms with Crippen LogP contribution in [0.5, 0.6) is 5.75 Å². The predicted octanol–water partition coefficient (Wildman–Crippen LogP) is 3.26. The van der Waals surface area contributed by atoms with Gasteiger partial charge in [0.1, 0.15) is 11.4 Å². The van der Waals surface area contributed by atoms with Gasteiger partial charge >= 0.3 is 0 Å². The number of rotatable bonds is 6. The first-order chi connectivity index (χ1) is 9.69. The molecule has 1 heterocycles. The van der Waals surface area contributed by atoms with Crippen LogP contribution in [0, 0.1) is 6.92 Å². The molecule has 0 bridgehead atoms. The van der Waals surface area contributed by atoms with Crippen LogP contribution in [-0.2, 0) is 6.54 Å². The maximum Gasteiger partial charge on any atom is 0.168 e. The summed E-state index contributed by atoms with van der Waals surface area (Å²) >= 11 is 0. The van der Waals surface area contributed by atoms with E-state index in [0.717, 1.165) is 28.9 Å². The van der Waals surface area contributed by atoms with E-state index in [9.17, 15) is 4.79 Å². The van der Waals surface area contributed by atoms with Gasteiger partial charge in [0.05, 0.1) is 18.8 Å². The summed E-state index contributed by atoms with van der Waals surface area (Å²) in [6, 6.07) is 7.71. The molecule has 0 unspecified atom stereocenters. The quantitative estimate of drug-likeness (QED) is 0.598. The Bertz CT molecular complexity index is 629. The minimum absolute atomic E-state index is 0.504. The lowest BCUT2D eigenvalue weighted by Crippen LogP contribution is -2.02. The van der Waals surface area contributed by atoms with Crippen LogP contribution in [0.1, 0.15) is 23.0 Å². The molecule has 0 aliphatic carbocycles. The molecular weight excluding hydrogens is 252 g/mol. The van der Waals surface area contributed by atoms with E-state index in [1.54, 1.807) is 16.8 Å². The van der Waals surface area contributed by atoms with E-state index >= 15 is 0 Å². The first-order valence-electron chi connectivity index (χ1n) is 6.57. The minimum atomic E-state index is 0.504. The highest BCUT2D eigenvalue weighted by Gasteiger charge is 2.13. The Hall–Kier alpha value is -2.36. The van der Waals surface area contributed by atoms with Gasteiger partial charge < -0.3 is 4.74 Å². The topological polar surface area (TPSA) is 44.1 Å². The van der Waals surface area contributed by atoms with E-state index in [1.165, 1.54) is 0 Å². The summed E-state index contributed by atoms with van der Waals surface area (Å²) in [6.45, 7) is 8.72. The van der Waals surface area contributed by atoms with Gasteiger partial charge in [0, 0.05) is 5.56 Å². The fourth-order valence-electron chi connectivity index (χ4n) is 2.05. The van der Waals surface area contributed by atoms with Crippen LogP contribution in [0.3, 0.4) is 0 Å². The highest BCUT2D eigenvalue weighted by Crippen LogP contribution is 2.30. The maximum absolute atomic E-state index is 11.1. The molecule has 0 fully saturated rings. The smallest absolute Gasteiger partial charge is 0.168 e. The van der Waals surface area contributed by atoms with E-state index < -0.39 is 0 Å². The molecule has 4 nitrogen and oxygen atoms in total. The second kappa shape index (κ2) is 6.19. The molecule has 104 valence electrons. The number of aromatic nitrogens is 2. The number of hydrogen-bond acceptors (Lipinski definition) is 3. The maximum atomic E-state index is 11.1. The monoisotopic (exact) mass is 270 g/mol. The van der Waals surface area contributed by atoms with Gasteiger partial charge in [0.25, 0.3) is 0 Å². The highest BCUT2D eigenvalue weighted by molar-refractivity contribution is 5.77. The molecule has 0 saturated heterocycles. The van der Waals surface area contributed by atoms with Gasteiger partial charge in [-0.3, -0.25) is 9.48 Å². The van der Waals surface area contributed by atoms with Crippen LogP contribution in [0.15, 0.2) is 36.9 Å². The molecule has 0 amide bonds. The molecule has 0 N–H and O–H groups in total. The number of ether oxygens (including phenoxy) is 1. The van der Waals surface area contributed by atoms with E-state index in [1.807, 2.05) is 32.0 Å². The zero-order chi connectivity index (χ0) is 14.5. The van der Waals surface area contributed by atoms with Gasteiger partial charge in [0.2, 0.25) is 0 Å². The summed E-state index contributed by atoms with van der Waals surface area (Å²) in [7, 11) is 0. The van der Waals surface area contributed by atoms with Crippen molar-refractivity contribution in [2.24, 2.45) is 0 Å². The summed E-state index contributed by atoms with van der Waals surface area (Å²) in [4.78, 5) is 11.1. The number of aldehydes is 1. The molecule has 20 heavy (non-hydrogen) atoms. The van der Waals surface area contributed by atoms with Crippen molar-refractivity contribution in [3.63, 3.8) is 0 Å². The van der Waals surface area contributed by atoms with Gasteiger partial charge in [0.15, 0.2) is 6.29 Å². The van der Waals surface area contributed by atoms with Crippen LogP contribution < -0.4 is 4.74 Å². The van der Waals surface area contributed by atoms with E-state index in [-0.39, 0.29) is 0 Å². The lowest BCUT2D eigenvalue weighted by Gasteiger charge is -2.09. The summed E-state index contributed by atoms with van der Waals surface area (Å²) in [6.07, 6.45) is 2.51. The molecule has 1 aromatic carbocycles. The Kier molecular flexibility index (Phi) is 4.35. The number of benzene rings is 1. The van der Waals surface area contributed by atoms with Crippen molar-refractivity contribution < 1.29 is 9.53 Å². The zero-order valence-corrected chi connectivity index (χ0v) is 11.8. The third kappa shape index (κ3) is 2.79. The molecule has 0 radical (unpaired) electrons. The van der Waals surface area contributed by atoms with Gasteiger partial charge in [-0.2, -0.15) is 5.10 Å². The summed E-state index contributed by atoms with van der Waals surface area (Å²) < 4.78 is 7.26. The van der Waals surface area contributed by atoms with Crippen molar-refractivity contribution >= 4 is 6.29 Å². The number of allylic oxidation sites excluding steroid dienone is 1. The second-order valence-electron chi connectivity index (χ2n) is 4.48. The summed E-state index contributed by atoms with van der Waals surface area (Å²) in [5, 5.41) is 4.46. The van der Waals surface area contributed by atoms with Gasteiger partial charge in [-0.25, -0.2) is 0 Å². The number of carbonyl (C=O) groups excluding carboxylic acids is 1. The number of hydrogen-bond donors (Lipinski definition) is 0. The lowest BCUT2D eigenvalue weighted by atomic mass is 10.1. The van der Waals surface area contributed by atoms with Crippen LogP contribution in [0.4, 0.5) is 0 Å². The molecule has 0 atom stereocenters. The highest BCUT2D eigenvalue weighted by atomic mass is 16.5. The first kappa shape index (κ1) is 14.1. The Morgan fingerprint density at radius 1 is 1.40 bits per heavy atom. The average molecular weight is 270 g/mol. The van der Waals surface area contributed by atoms with E-state index in [0.29, 0.717) is 18.8 Å². The molecule has 0 aliphatic rings. The predicted molar refractivity (Wildman–Crippen MR) is 79.2 cm³/mol. The molecule has 1 aromatic heterocycles. The van der Waals surface area contributed by atoms with Gasteiger partial charge in [-0.05, 0) is 32.0 Å². The second-order valence-corrected chi connectivity index (χ2v) is 4.48. The molecule has 0 saturated carbocycles. The summed E-state index contributed by atoms with van der Waals surface area (Å²) in [5.74, 6) is 0.777. The Morgan fingerprint density at radius 3 is 2.85 bits per heavy atom. The Labute approximate surface area is 118 Å². The number of carbonyl (C=O) groups is 1. The summed E-state index contributed by atoms with van der Waals surface area (Å²) in [5.41, 5.74) is 3.29. The van der Waals surface area contributed by atoms with Crippen LogP contribution >= 0.6 is 0 Å². The molecule has 4 heteroatoms. The first-order valence-corrected chi connectivity index (χ1v) is 6.57.